The van der Waals surface area contributed by atoms with Crippen molar-refractivity contribution < 1.29 is 4.52 Å². The summed E-state index contributed by atoms with van der Waals surface area (Å²) < 4.78 is 14.9. The maximum absolute atomic E-state index is 5.82. The van der Waals surface area contributed by atoms with E-state index in [2.05, 4.69) is 45.8 Å². The average molecular weight is 630 g/mol. The number of nitrogens with zero attached hydrogens (tertiary/aromatic N) is 7. The minimum absolute atomic E-state index is 0.633. The summed E-state index contributed by atoms with van der Waals surface area (Å²) in [6, 6.07) is 38.5. The Morgan fingerprint density at radius 3 is 2.28 bits per heavy atom. The minimum Gasteiger partial charge on any atom is -0.356 e. The summed E-state index contributed by atoms with van der Waals surface area (Å²) in [5.41, 5.74) is 8.28. The number of fused-ring (bicyclic) bond motifs is 5. The smallest absolute Gasteiger partial charge is 0.167 e. The zero-order valence-electron chi connectivity index (χ0n) is 23.8. The van der Waals surface area contributed by atoms with Gasteiger partial charge in [0.15, 0.2) is 11.4 Å². The standard InChI is InChI=1S/C36H19N7OS2/c1-6-17-27-20(10-1)33(40-44-27)22-12-9-15-25-30(22)31(36-38-24-14-4-8-19-29(24)45-36)32(34-21-11-2-7-18-28(21)46-41-34)35(37-25)43-26-16-5-3-13-23(26)39-42-43/h1-19H. The molecule has 0 bridgehead atoms. The molecule has 0 atom stereocenters. The summed E-state index contributed by atoms with van der Waals surface area (Å²) in [6.45, 7) is 0. The van der Waals surface area contributed by atoms with Crippen LogP contribution in [-0.2, 0) is 0 Å². The molecule has 5 aromatic heterocycles. The molecule has 0 radical (unpaired) electrons. The SMILES string of the molecule is c1ccc2sc(-c3c(-c4nsc5ccccc45)c(-n4nnc5ccccc54)nc4cccc(-c5noc6ccccc56)c34)nc2c1. The number of hydrogen-bond donors (Lipinski definition) is 0. The largest absolute Gasteiger partial charge is 0.356 e. The first-order valence-corrected chi connectivity index (χ1v) is 16.2. The first-order chi connectivity index (χ1) is 22.8. The van der Waals surface area contributed by atoms with Gasteiger partial charge in [0.05, 0.1) is 37.2 Å². The van der Waals surface area contributed by atoms with Gasteiger partial charge >= 0.3 is 0 Å². The molecule has 216 valence electrons. The van der Waals surface area contributed by atoms with Crippen LogP contribution in [0.3, 0.4) is 0 Å². The van der Waals surface area contributed by atoms with Crippen LogP contribution in [0.25, 0.3) is 92.1 Å². The zero-order valence-corrected chi connectivity index (χ0v) is 25.5. The van der Waals surface area contributed by atoms with Crippen molar-refractivity contribution in [1.29, 1.82) is 0 Å². The molecule has 10 heteroatoms. The van der Waals surface area contributed by atoms with Gasteiger partial charge < -0.3 is 4.52 Å². The van der Waals surface area contributed by atoms with Crippen molar-refractivity contribution in [3.63, 3.8) is 0 Å². The van der Waals surface area contributed by atoms with Crippen LogP contribution in [0.1, 0.15) is 0 Å². The van der Waals surface area contributed by atoms with Crippen LogP contribution in [-0.4, -0.2) is 34.5 Å². The van der Waals surface area contributed by atoms with E-state index in [1.807, 2.05) is 89.6 Å². The molecule has 10 rings (SSSR count). The van der Waals surface area contributed by atoms with Crippen molar-refractivity contribution in [3.8, 4) is 38.9 Å². The zero-order chi connectivity index (χ0) is 30.2. The Kier molecular flexibility index (Phi) is 5.45. The fourth-order valence-electron chi connectivity index (χ4n) is 6.24. The van der Waals surface area contributed by atoms with E-state index >= 15 is 0 Å². The summed E-state index contributed by atoms with van der Waals surface area (Å²) in [4.78, 5) is 10.6. The van der Waals surface area contributed by atoms with E-state index in [4.69, 9.17) is 18.9 Å². The number of rotatable bonds is 4. The summed E-state index contributed by atoms with van der Waals surface area (Å²) in [5, 5.41) is 17.5. The van der Waals surface area contributed by atoms with Crippen LogP contribution < -0.4 is 0 Å². The average Bonchev–Trinajstić information content (AvgIpc) is 3.91. The number of pyridine rings is 1. The normalized spacial score (nSPS) is 11.9. The van der Waals surface area contributed by atoms with E-state index in [1.165, 1.54) is 11.5 Å². The summed E-state index contributed by atoms with van der Waals surface area (Å²) in [6.07, 6.45) is 0. The molecular formula is C36H19N7OS2. The molecule has 0 aliphatic heterocycles. The van der Waals surface area contributed by atoms with Gasteiger partial charge in [0, 0.05) is 27.3 Å². The van der Waals surface area contributed by atoms with Crippen molar-refractivity contribution in [3.05, 3.63) is 115 Å². The molecule has 0 amide bonds. The fraction of sp³-hybridized carbons (Fsp3) is 0. The molecule has 5 aromatic carbocycles. The van der Waals surface area contributed by atoms with Gasteiger partial charge in [-0.15, -0.1) is 16.4 Å². The van der Waals surface area contributed by atoms with Gasteiger partial charge in [-0.25, -0.2) is 9.97 Å². The van der Waals surface area contributed by atoms with Crippen molar-refractivity contribution in [2.45, 2.75) is 0 Å². The maximum atomic E-state index is 5.82. The Bertz CT molecular complexity index is 2760. The molecule has 0 saturated heterocycles. The molecular weight excluding hydrogens is 611 g/mol. The molecule has 5 heterocycles. The monoisotopic (exact) mass is 629 g/mol. The lowest BCUT2D eigenvalue weighted by Gasteiger charge is -2.17. The third-order valence-corrected chi connectivity index (χ3v) is 10.2. The van der Waals surface area contributed by atoms with Crippen LogP contribution in [0.4, 0.5) is 0 Å². The summed E-state index contributed by atoms with van der Waals surface area (Å²) in [5.74, 6) is 0.633. The van der Waals surface area contributed by atoms with Crippen LogP contribution >= 0.6 is 22.9 Å². The highest BCUT2D eigenvalue weighted by Crippen LogP contribution is 2.48. The van der Waals surface area contributed by atoms with E-state index in [0.29, 0.717) is 5.82 Å². The quantitative estimate of drug-likeness (QED) is 0.191. The van der Waals surface area contributed by atoms with Crippen LogP contribution in [0.15, 0.2) is 120 Å². The van der Waals surface area contributed by atoms with Gasteiger partial charge in [0.2, 0.25) is 0 Å². The highest BCUT2D eigenvalue weighted by molar-refractivity contribution is 7.21. The molecule has 8 nitrogen and oxygen atoms in total. The minimum atomic E-state index is 0.633. The molecule has 0 aliphatic carbocycles. The number of thiazole rings is 1. The van der Waals surface area contributed by atoms with Crippen LogP contribution in [0, 0.1) is 0 Å². The molecule has 0 fully saturated rings. The molecule has 0 unspecified atom stereocenters. The Hall–Kier alpha value is -5.84. The number of hydrogen-bond acceptors (Lipinski definition) is 9. The van der Waals surface area contributed by atoms with Gasteiger partial charge in [-0.05, 0) is 60.1 Å². The Morgan fingerprint density at radius 1 is 0.609 bits per heavy atom. The van der Waals surface area contributed by atoms with Gasteiger partial charge in [-0.2, -0.15) is 9.06 Å². The van der Waals surface area contributed by atoms with E-state index < -0.39 is 0 Å². The second-order valence-electron chi connectivity index (χ2n) is 10.9. The van der Waals surface area contributed by atoms with Gasteiger partial charge in [-0.1, -0.05) is 77.1 Å². The molecule has 10 aromatic rings. The lowest BCUT2D eigenvalue weighted by Crippen LogP contribution is -2.06. The first-order valence-electron chi connectivity index (χ1n) is 14.6. The molecule has 0 aliphatic rings. The van der Waals surface area contributed by atoms with E-state index in [0.717, 1.165) is 86.3 Å². The van der Waals surface area contributed by atoms with Crippen LogP contribution in [0.5, 0.6) is 0 Å². The van der Waals surface area contributed by atoms with Crippen molar-refractivity contribution in [2.24, 2.45) is 0 Å². The van der Waals surface area contributed by atoms with Gasteiger partial charge in [0.1, 0.15) is 16.2 Å². The number of para-hydroxylation sites is 3. The molecule has 0 N–H and O–H groups in total. The first kappa shape index (κ1) is 25.5. The summed E-state index contributed by atoms with van der Waals surface area (Å²) in [7, 11) is 0. The second-order valence-corrected chi connectivity index (χ2v) is 12.8. The van der Waals surface area contributed by atoms with Crippen molar-refractivity contribution in [1.82, 2.24) is 34.5 Å². The topological polar surface area (TPSA) is 95.4 Å². The Labute approximate surface area is 268 Å². The second kappa shape index (κ2) is 9.83. The van der Waals surface area contributed by atoms with Crippen molar-refractivity contribution in [2.75, 3.05) is 0 Å². The molecule has 0 spiro atoms. The molecule has 46 heavy (non-hydrogen) atoms. The van der Waals surface area contributed by atoms with Crippen molar-refractivity contribution >= 4 is 76.1 Å². The fourth-order valence-corrected chi connectivity index (χ4v) is 8.05. The van der Waals surface area contributed by atoms with E-state index in [-0.39, 0.29) is 0 Å². The predicted molar refractivity (Wildman–Crippen MR) is 184 cm³/mol. The maximum Gasteiger partial charge on any atom is 0.167 e. The predicted octanol–water partition coefficient (Wildman–Crippen LogP) is 9.33. The van der Waals surface area contributed by atoms with E-state index in [9.17, 15) is 0 Å². The van der Waals surface area contributed by atoms with E-state index in [1.54, 1.807) is 11.3 Å². The lowest BCUT2D eigenvalue weighted by atomic mass is 9.93. The Balaban J connectivity index is 1.43. The van der Waals surface area contributed by atoms with Gasteiger partial charge in [-0.3, -0.25) is 0 Å². The lowest BCUT2D eigenvalue weighted by molar-refractivity contribution is 0.459. The Morgan fingerprint density at radius 2 is 1.37 bits per heavy atom. The third kappa shape index (κ3) is 3.71. The molecule has 0 saturated carbocycles. The highest BCUT2D eigenvalue weighted by Gasteiger charge is 2.29. The third-order valence-electron chi connectivity index (χ3n) is 8.30. The number of aromatic nitrogens is 7. The van der Waals surface area contributed by atoms with Gasteiger partial charge in [0.25, 0.3) is 0 Å². The number of benzene rings is 5. The summed E-state index contributed by atoms with van der Waals surface area (Å²) >= 11 is 3.12. The highest BCUT2D eigenvalue weighted by atomic mass is 32.1. The van der Waals surface area contributed by atoms with Crippen LogP contribution in [0.2, 0.25) is 0 Å².